The van der Waals surface area contributed by atoms with Crippen molar-refractivity contribution in [3.05, 3.63) is 17.0 Å². The standard InChI is InChI=1S/C16H24N2O2S2/c1-21-14-3-2-13(22-14)15(19)18-8-6-16(7-9-18)5-4-12(10-17)20-11-16/h2-3,12H,4-11,17H2,1H3. The van der Waals surface area contributed by atoms with E-state index >= 15 is 0 Å². The zero-order valence-corrected chi connectivity index (χ0v) is 14.7. The van der Waals surface area contributed by atoms with Gasteiger partial charge in [0, 0.05) is 19.6 Å². The molecule has 22 heavy (non-hydrogen) atoms. The number of thiophene rings is 1. The lowest BCUT2D eigenvalue weighted by molar-refractivity contribution is -0.0790. The van der Waals surface area contributed by atoms with Gasteiger partial charge in [-0.3, -0.25) is 4.79 Å². The predicted octanol–water partition coefficient (Wildman–Crippen LogP) is 2.83. The molecule has 2 N–H and O–H groups in total. The highest BCUT2D eigenvalue weighted by Gasteiger charge is 2.39. The van der Waals surface area contributed by atoms with Crippen molar-refractivity contribution in [1.82, 2.24) is 4.90 Å². The van der Waals surface area contributed by atoms with E-state index in [2.05, 4.69) is 0 Å². The molecule has 2 fully saturated rings. The molecule has 4 nitrogen and oxygen atoms in total. The van der Waals surface area contributed by atoms with Crippen LogP contribution in [0, 0.1) is 5.41 Å². The highest BCUT2D eigenvalue weighted by Crippen LogP contribution is 2.40. The average Bonchev–Trinajstić information content (AvgIpc) is 3.05. The minimum absolute atomic E-state index is 0.191. The van der Waals surface area contributed by atoms with Crippen molar-refractivity contribution in [2.24, 2.45) is 11.1 Å². The predicted molar refractivity (Wildman–Crippen MR) is 91.7 cm³/mol. The fraction of sp³-hybridized carbons (Fsp3) is 0.688. The molecule has 0 aliphatic carbocycles. The summed E-state index contributed by atoms with van der Waals surface area (Å²) in [6, 6.07) is 3.99. The lowest BCUT2D eigenvalue weighted by Crippen LogP contribution is -2.48. The minimum atomic E-state index is 0.191. The van der Waals surface area contributed by atoms with E-state index in [1.807, 2.05) is 23.3 Å². The van der Waals surface area contributed by atoms with Crippen molar-refractivity contribution in [2.75, 3.05) is 32.5 Å². The number of carbonyl (C=O) groups is 1. The largest absolute Gasteiger partial charge is 0.376 e. The number of nitrogens with two attached hydrogens (primary N) is 1. The maximum Gasteiger partial charge on any atom is 0.263 e. The van der Waals surface area contributed by atoms with E-state index in [-0.39, 0.29) is 17.4 Å². The topological polar surface area (TPSA) is 55.6 Å². The van der Waals surface area contributed by atoms with Gasteiger partial charge < -0.3 is 15.4 Å². The summed E-state index contributed by atoms with van der Waals surface area (Å²) in [6.45, 7) is 3.13. The Morgan fingerprint density at radius 2 is 2.23 bits per heavy atom. The van der Waals surface area contributed by atoms with Gasteiger partial charge in [-0.2, -0.15) is 0 Å². The first-order valence-corrected chi connectivity index (χ1v) is 9.95. The highest BCUT2D eigenvalue weighted by molar-refractivity contribution is 8.00. The fourth-order valence-corrected chi connectivity index (χ4v) is 4.89. The van der Waals surface area contributed by atoms with Gasteiger partial charge >= 0.3 is 0 Å². The van der Waals surface area contributed by atoms with Crippen LogP contribution in [0.4, 0.5) is 0 Å². The second-order valence-corrected chi connectivity index (χ2v) is 8.51. The lowest BCUT2D eigenvalue weighted by atomic mass is 9.73. The summed E-state index contributed by atoms with van der Waals surface area (Å²) < 4.78 is 7.09. The summed E-state index contributed by atoms with van der Waals surface area (Å²) in [7, 11) is 0. The Kier molecular flexibility index (Phi) is 5.12. The Morgan fingerprint density at radius 1 is 1.45 bits per heavy atom. The zero-order chi connectivity index (χ0) is 15.6. The second-order valence-electron chi connectivity index (χ2n) is 6.32. The molecule has 1 unspecified atom stereocenters. The van der Waals surface area contributed by atoms with Crippen molar-refractivity contribution in [1.29, 1.82) is 0 Å². The van der Waals surface area contributed by atoms with Crippen LogP contribution in [-0.2, 0) is 4.74 Å². The number of hydrogen-bond donors (Lipinski definition) is 1. The van der Waals surface area contributed by atoms with Crippen LogP contribution < -0.4 is 5.73 Å². The molecule has 1 aromatic heterocycles. The van der Waals surface area contributed by atoms with Gasteiger partial charge in [0.25, 0.3) is 5.91 Å². The Bertz CT molecular complexity index is 514. The quantitative estimate of drug-likeness (QED) is 0.860. The van der Waals surface area contributed by atoms with Crippen LogP contribution in [-0.4, -0.2) is 49.4 Å². The van der Waals surface area contributed by atoms with Crippen molar-refractivity contribution in [2.45, 2.75) is 36.0 Å². The van der Waals surface area contributed by atoms with Gasteiger partial charge in [-0.1, -0.05) is 0 Å². The van der Waals surface area contributed by atoms with Crippen molar-refractivity contribution < 1.29 is 9.53 Å². The van der Waals surface area contributed by atoms with Crippen molar-refractivity contribution in [3.63, 3.8) is 0 Å². The summed E-state index contributed by atoms with van der Waals surface area (Å²) in [5.74, 6) is 0.191. The molecule has 0 radical (unpaired) electrons. The van der Waals surface area contributed by atoms with Gasteiger partial charge in [-0.25, -0.2) is 0 Å². The van der Waals surface area contributed by atoms with Crippen LogP contribution in [0.15, 0.2) is 16.3 Å². The smallest absolute Gasteiger partial charge is 0.263 e. The maximum absolute atomic E-state index is 12.6. The third kappa shape index (κ3) is 3.35. The van der Waals surface area contributed by atoms with E-state index in [1.165, 1.54) is 10.6 Å². The fourth-order valence-electron chi connectivity index (χ4n) is 3.38. The minimum Gasteiger partial charge on any atom is -0.376 e. The van der Waals surface area contributed by atoms with E-state index in [1.54, 1.807) is 23.1 Å². The number of nitrogens with zero attached hydrogens (tertiary/aromatic N) is 1. The molecule has 6 heteroatoms. The first-order chi connectivity index (χ1) is 10.7. The van der Waals surface area contributed by atoms with Gasteiger partial charge in [0.1, 0.15) is 0 Å². The highest BCUT2D eigenvalue weighted by atomic mass is 32.2. The molecule has 2 aliphatic rings. The Hall–Kier alpha value is -0.560. The molecule has 3 rings (SSSR count). The zero-order valence-electron chi connectivity index (χ0n) is 13.0. The number of thioether (sulfide) groups is 1. The average molecular weight is 341 g/mol. The van der Waals surface area contributed by atoms with Gasteiger partial charge in [-0.15, -0.1) is 23.1 Å². The molecule has 2 saturated heterocycles. The molecule has 1 spiro atoms. The van der Waals surface area contributed by atoms with E-state index in [9.17, 15) is 4.79 Å². The Labute approximate surface area is 140 Å². The number of ether oxygens (including phenoxy) is 1. The Balaban J connectivity index is 1.56. The third-order valence-corrected chi connectivity index (χ3v) is 7.15. The van der Waals surface area contributed by atoms with E-state index in [0.29, 0.717) is 6.54 Å². The summed E-state index contributed by atoms with van der Waals surface area (Å²) >= 11 is 3.29. The molecule has 122 valence electrons. The summed E-state index contributed by atoms with van der Waals surface area (Å²) in [4.78, 5) is 15.5. The molecule has 1 atom stereocenters. The van der Waals surface area contributed by atoms with Crippen molar-refractivity contribution >= 4 is 29.0 Å². The summed E-state index contributed by atoms with van der Waals surface area (Å²) in [5, 5.41) is 0. The van der Waals surface area contributed by atoms with Crippen LogP contribution in [0.5, 0.6) is 0 Å². The number of piperidine rings is 1. The van der Waals surface area contributed by atoms with Crippen LogP contribution in [0.3, 0.4) is 0 Å². The number of hydrogen-bond acceptors (Lipinski definition) is 5. The Morgan fingerprint density at radius 3 is 2.77 bits per heavy atom. The summed E-state index contributed by atoms with van der Waals surface area (Å²) in [5.41, 5.74) is 5.96. The van der Waals surface area contributed by atoms with Crippen LogP contribution in [0.2, 0.25) is 0 Å². The molecule has 1 aromatic rings. The lowest BCUT2D eigenvalue weighted by Gasteiger charge is -2.45. The molecule has 0 saturated carbocycles. The SMILES string of the molecule is CSc1ccc(C(=O)N2CCC3(CCC(CN)OC3)CC2)s1. The molecular weight excluding hydrogens is 316 g/mol. The van der Waals surface area contributed by atoms with Crippen LogP contribution in [0.25, 0.3) is 0 Å². The van der Waals surface area contributed by atoms with E-state index in [0.717, 1.165) is 43.8 Å². The first-order valence-electron chi connectivity index (χ1n) is 7.90. The van der Waals surface area contributed by atoms with Gasteiger partial charge in [0.05, 0.1) is 21.8 Å². The summed E-state index contributed by atoms with van der Waals surface area (Å²) in [6.07, 6.45) is 6.64. The van der Waals surface area contributed by atoms with Crippen molar-refractivity contribution in [3.8, 4) is 0 Å². The number of amides is 1. The van der Waals surface area contributed by atoms with E-state index < -0.39 is 0 Å². The number of carbonyl (C=O) groups excluding carboxylic acids is 1. The second kappa shape index (κ2) is 6.91. The molecule has 2 aliphatic heterocycles. The monoisotopic (exact) mass is 340 g/mol. The molecular formula is C16H24N2O2S2. The molecule has 0 bridgehead atoms. The van der Waals surface area contributed by atoms with Crippen LogP contribution in [0.1, 0.15) is 35.4 Å². The van der Waals surface area contributed by atoms with Crippen LogP contribution >= 0.6 is 23.1 Å². The van der Waals surface area contributed by atoms with Gasteiger partial charge in [0.15, 0.2) is 0 Å². The van der Waals surface area contributed by atoms with Gasteiger partial charge in [0.2, 0.25) is 0 Å². The van der Waals surface area contributed by atoms with Gasteiger partial charge in [-0.05, 0) is 49.5 Å². The number of likely N-dealkylation sites (tertiary alicyclic amines) is 1. The van der Waals surface area contributed by atoms with E-state index in [4.69, 9.17) is 10.5 Å². The molecule has 0 aromatic carbocycles. The number of rotatable bonds is 3. The molecule has 3 heterocycles. The third-order valence-electron chi connectivity index (χ3n) is 4.99. The maximum atomic E-state index is 12.6. The molecule has 1 amide bonds. The normalized spacial score (nSPS) is 24.6. The first kappa shape index (κ1) is 16.3.